The number of nitrogens with zero attached hydrogens (tertiary/aromatic N) is 6. The normalized spacial score (nSPS) is 17.0. The lowest BCUT2D eigenvalue weighted by Gasteiger charge is -2.23. The van der Waals surface area contributed by atoms with Gasteiger partial charge < -0.3 is 14.7 Å². The van der Waals surface area contributed by atoms with E-state index >= 15 is 0 Å². The highest BCUT2D eigenvalue weighted by Crippen LogP contribution is 2.32. The van der Waals surface area contributed by atoms with Crippen LogP contribution in [0, 0.1) is 6.92 Å². The van der Waals surface area contributed by atoms with Crippen LogP contribution >= 0.6 is 0 Å². The first-order valence-corrected chi connectivity index (χ1v) is 8.02. The lowest BCUT2D eigenvalue weighted by atomic mass is 10.1. The predicted octanol–water partition coefficient (Wildman–Crippen LogP) is 2.33. The van der Waals surface area contributed by atoms with E-state index in [0.717, 1.165) is 24.3 Å². The molecule has 0 saturated carbocycles. The second-order valence-electron chi connectivity index (χ2n) is 5.90. The zero-order chi connectivity index (χ0) is 17.2. The number of urea groups is 1. The Morgan fingerprint density at radius 1 is 1.40 bits per heavy atom. The van der Waals surface area contributed by atoms with E-state index in [4.69, 9.17) is 4.52 Å². The van der Waals surface area contributed by atoms with E-state index in [0.29, 0.717) is 18.1 Å². The minimum Gasteiger partial charge on any atom is -0.359 e. The van der Waals surface area contributed by atoms with Crippen molar-refractivity contribution in [2.45, 2.75) is 25.8 Å². The van der Waals surface area contributed by atoms with Crippen molar-refractivity contribution in [3.8, 4) is 5.82 Å². The number of carbonyl (C=O) groups excluding carboxylic acids is 1. The zero-order valence-corrected chi connectivity index (χ0v) is 13.7. The van der Waals surface area contributed by atoms with Crippen LogP contribution in [0.2, 0.25) is 0 Å². The van der Waals surface area contributed by atoms with Gasteiger partial charge in [-0.2, -0.15) is 5.10 Å². The van der Waals surface area contributed by atoms with E-state index in [1.165, 1.54) is 6.33 Å². The Morgan fingerprint density at radius 2 is 2.32 bits per heavy atom. The zero-order valence-electron chi connectivity index (χ0n) is 13.7. The fourth-order valence-corrected chi connectivity index (χ4v) is 2.96. The average Bonchev–Trinajstić information content (AvgIpc) is 3.36. The Morgan fingerprint density at radius 3 is 3.00 bits per heavy atom. The molecule has 25 heavy (non-hydrogen) atoms. The molecule has 1 aliphatic rings. The van der Waals surface area contributed by atoms with Gasteiger partial charge >= 0.3 is 6.03 Å². The summed E-state index contributed by atoms with van der Waals surface area (Å²) in [5, 5.41) is 10.8. The van der Waals surface area contributed by atoms with Crippen molar-refractivity contribution in [3.05, 3.63) is 48.5 Å². The summed E-state index contributed by atoms with van der Waals surface area (Å²) in [5.41, 5.74) is 1.43. The van der Waals surface area contributed by atoms with Gasteiger partial charge in [-0.3, -0.25) is 0 Å². The number of anilines is 1. The van der Waals surface area contributed by atoms with Gasteiger partial charge in [0.1, 0.15) is 12.7 Å². The maximum Gasteiger partial charge on any atom is 0.322 e. The van der Waals surface area contributed by atoms with Crippen LogP contribution in [-0.4, -0.2) is 42.4 Å². The monoisotopic (exact) mass is 339 g/mol. The summed E-state index contributed by atoms with van der Waals surface area (Å²) in [4.78, 5) is 22.5. The van der Waals surface area contributed by atoms with Crippen LogP contribution in [0.25, 0.3) is 5.82 Å². The summed E-state index contributed by atoms with van der Waals surface area (Å²) in [5.74, 6) is 1.36. The first-order chi connectivity index (χ1) is 12.2. The van der Waals surface area contributed by atoms with Crippen LogP contribution in [0.5, 0.6) is 0 Å². The van der Waals surface area contributed by atoms with Crippen LogP contribution in [0.15, 0.2) is 41.6 Å². The van der Waals surface area contributed by atoms with Crippen LogP contribution in [-0.2, 0) is 0 Å². The summed E-state index contributed by atoms with van der Waals surface area (Å²) >= 11 is 0. The molecule has 0 aliphatic carbocycles. The first-order valence-electron chi connectivity index (χ1n) is 8.02. The minimum absolute atomic E-state index is 0.0800. The summed E-state index contributed by atoms with van der Waals surface area (Å²) in [6.07, 6.45) is 6.40. The molecule has 1 N–H and O–H groups in total. The van der Waals surface area contributed by atoms with Crippen molar-refractivity contribution in [3.63, 3.8) is 0 Å². The molecule has 0 spiro atoms. The number of likely N-dealkylation sites (tertiary alicyclic amines) is 1. The Balaban J connectivity index is 1.46. The minimum atomic E-state index is -0.174. The molecule has 3 aromatic heterocycles. The number of aromatic nitrogens is 5. The number of pyridine rings is 1. The molecular formula is C16H17N7O2. The summed E-state index contributed by atoms with van der Waals surface area (Å²) in [6.45, 7) is 2.55. The number of aryl methyl sites for hydroxylation is 1. The second kappa shape index (κ2) is 6.34. The van der Waals surface area contributed by atoms with Gasteiger partial charge in [0.2, 0.25) is 0 Å². The van der Waals surface area contributed by atoms with Crippen LogP contribution < -0.4 is 5.32 Å². The molecule has 1 aliphatic heterocycles. The molecule has 2 amide bonds. The SMILES string of the molecule is Cc1cc([C@@H]2CCCN2C(=O)Nc2ccc(-n3cncn3)nc2)on1. The van der Waals surface area contributed by atoms with E-state index < -0.39 is 0 Å². The smallest absolute Gasteiger partial charge is 0.322 e. The van der Waals surface area contributed by atoms with Gasteiger partial charge in [0.05, 0.1) is 23.6 Å². The van der Waals surface area contributed by atoms with E-state index in [-0.39, 0.29) is 12.1 Å². The summed E-state index contributed by atoms with van der Waals surface area (Å²) < 4.78 is 6.89. The molecule has 1 saturated heterocycles. The molecule has 4 heterocycles. The quantitative estimate of drug-likeness (QED) is 0.786. The number of amides is 2. The molecule has 9 heteroatoms. The lowest BCUT2D eigenvalue weighted by molar-refractivity contribution is 0.195. The van der Waals surface area contributed by atoms with Gasteiger partial charge in [0.15, 0.2) is 11.6 Å². The van der Waals surface area contributed by atoms with Crippen molar-refractivity contribution in [2.24, 2.45) is 0 Å². The highest BCUT2D eigenvalue weighted by Gasteiger charge is 2.32. The number of nitrogens with one attached hydrogen (secondary N) is 1. The third kappa shape index (κ3) is 3.08. The standard InChI is InChI=1S/C16H17N7O2/c1-11-7-14(25-21-11)13-3-2-6-22(13)16(24)20-12-4-5-15(18-8-12)23-10-17-9-19-23/h4-5,7-10,13H,2-3,6H2,1H3,(H,20,24)/t13-/m0/s1. The van der Waals surface area contributed by atoms with E-state index in [1.807, 2.05) is 13.0 Å². The van der Waals surface area contributed by atoms with Crippen LogP contribution in [0.3, 0.4) is 0 Å². The Kier molecular flexibility index (Phi) is 3.88. The summed E-state index contributed by atoms with van der Waals surface area (Å²) in [6, 6.07) is 5.18. The van der Waals surface area contributed by atoms with Gasteiger partial charge in [-0.15, -0.1) is 0 Å². The van der Waals surface area contributed by atoms with Crippen LogP contribution in [0.1, 0.15) is 30.3 Å². The Labute approximate surface area is 143 Å². The van der Waals surface area contributed by atoms with Gasteiger partial charge in [-0.1, -0.05) is 5.16 Å². The average molecular weight is 339 g/mol. The molecule has 9 nitrogen and oxygen atoms in total. The third-order valence-corrected chi connectivity index (χ3v) is 4.14. The van der Waals surface area contributed by atoms with Crippen LogP contribution in [0.4, 0.5) is 10.5 Å². The van der Waals surface area contributed by atoms with Crippen molar-refractivity contribution >= 4 is 11.7 Å². The Hall–Kier alpha value is -3.23. The molecule has 0 radical (unpaired) electrons. The topological polar surface area (TPSA) is 102 Å². The fraction of sp³-hybridized carbons (Fsp3) is 0.312. The molecular weight excluding hydrogens is 322 g/mol. The number of rotatable bonds is 3. The van der Waals surface area contributed by atoms with E-state index in [2.05, 4.69) is 25.5 Å². The van der Waals surface area contributed by atoms with Crippen molar-refractivity contribution in [1.29, 1.82) is 0 Å². The number of hydrogen-bond donors (Lipinski definition) is 1. The van der Waals surface area contributed by atoms with Gasteiger partial charge in [-0.05, 0) is 31.9 Å². The maximum absolute atomic E-state index is 12.6. The Bertz CT molecular complexity index is 857. The molecule has 4 rings (SSSR count). The fourth-order valence-electron chi connectivity index (χ4n) is 2.96. The first kappa shape index (κ1) is 15.3. The molecule has 3 aromatic rings. The van der Waals surface area contributed by atoms with E-state index in [1.54, 1.807) is 34.2 Å². The molecule has 128 valence electrons. The van der Waals surface area contributed by atoms with Gasteiger partial charge in [-0.25, -0.2) is 19.4 Å². The van der Waals surface area contributed by atoms with Crippen molar-refractivity contribution in [2.75, 3.05) is 11.9 Å². The molecule has 1 atom stereocenters. The van der Waals surface area contributed by atoms with Crippen molar-refractivity contribution in [1.82, 2.24) is 29.8 Å². The van der Waals surface area contributed by atoms with Gasteiger partial charge in [0.25, 0.3) is 0 Å². The predicted molar refractivity (Wildman–Crippen MR) is 88.1 cm³/mol. The van der Waals surface area contributed by atoms with Crippen molar-refractivity contribution < 1.29 is 9.32 Å². The molecule has 0 unspecified atom stereocenters. The highest BCUT2D eigenvalue weighted by atomic mass is 16.5. The lowest BCUT2D eigenvalue weighted by Crippen LogP contribution is -2.34. The second-order valence-corrected chi connectivity index (χ2v) is 5.90. The summed E-state index contributed by atoms with van der Waals surface area (Å²) in [7, 11) is 0. The van der Waals surface area contributed by atoms with E-state index in [9.17, 15) is 4.79 Å². The maximum atomic E-state index is 12.6. The molecule has 0 aromatic carbocycles. The number of hydrogen-bond acceptors (Lipinski definition) is 6. The molecule has 1 fully saturated rings. The largest absolute Gasteiger partial charge is 0.359 e. The number of carbonyl (C=O) groups is 1. The van der Waals surface area contributed by atoms with Gasteiger partial charge in [0, 0.05) is 12.6 Å². The third-order valence-electron chi connectivity index (χ3n) is 4.14. The molecule has 0 bridgehead atoms. The highest BCUT2D eigenvalue weighted by molar-refractivity contribution is 5.89.